The summed E-state index contributed by atoms with van der Waals surface area (Å²) in [5, 5.41) is 3.38. The number of nitrogens with two attached hydrogens (primary N) is 1. The summed E-state index contributed by atoms with van der Waals surface area (Å²) in [7, 11) is 0. The molecule has 1 aliphatic heterocycles. The second-order valence-corrected chi connectivity index (χ2v) is 5.25. The van der Waals surface area contributed by atoms with Crippen LogP contribution >= 0.6 is 0 Å². The second-order valence-electron chi connectivity index (χ2n) is 5.25. The van der Waals surface area contributed by atoms with Crippen LogP contribution in [0.2, 0.25) is 0 Å². The molecule has 1 aromatic carbocycles. The van der Waals surface area contributed by atoms with Gasteiger partial charge in [0.25, 0.3) is 0 Å². The molecule has 0 spiro atoms. The summed E-state index contributed by atoms with van der Waals surface area (Å²) >= 11 is 0. The van der Waals surface area contributed by atoms with E-state index >= 15 is 0 Å². The molecule has 0 amide bonds. The van der Waals surface area contributed by atoms with Gasteiger partial charge in [0.2, 0.25) is 0 Å². The Morgan fingerprint density at radius 1 is 1.29 bits per heavy atom. The lowest BCUT2D eigenvalue weighted by atomic mass is 9.90. The minimum absolute atomic E-state index is 0.191. The minimum atomic E-state index is 0.191. The highest BCUT2D eigenvalue weighted by atomic mass is 14.9. The fourth-order valence-corrected chi connectivity index (χ4v) is 2.54. The maximum absolute atomic E-state index is 6.32. The first kappa shape index (κ1) is 12.6. The van der Waals surface area contributed by atoms with E-state index in [-0.39, 0.29) is 6.04 Å². The fraction of sp³-hybridized carbons (Fsp3) is 0.600. The Morgan fingerprint density at radius 2 is 1.94 bits per heavy atom. The van der Waals surface area contributed by atoms with Crippen molar-refractivity contribution in [3.8, 4) is 0 Å². The van der Waals surface area contributed by atoms with Gasteiger partial charge in [-0.2, -0.15) is 0 Å². The largest absolute Gasteiger partial charge is 0.324 e. The van der Waals surface area contributed by atoms with Crippen LogP contribution in [0.15, 0.2) is 24.3 Å². The Balaban J connectivity index is 2.06. The van der Waals surface area contributed by atoms with Gasteiger partial charge in [-0.15, -0.1) is 0 Å². The van der Waals surface area contributed by atoms with Crippen LogP contribution in [0.1, 0.15) is 49.8 Å². The van der Waals surface area contributed by atoms with Gasteiger partial charge < -0.3 is 11.1 Å². The van der Waals surface area contributed by atoms with Crippen molar-refractivity contribution in [3.05, 3.63) is 35.4 Å². The van der Waals surface area contributed by atoms with Crippen molar-refractivity contribution in [2.24, 2.45) is 11.7 Å². The van der Waals surface area contributed by atoms with E-state index in [4.69, 9.17) is 5.73 Å². The molecule has 0 aromatic heterocycles. The van der Waals surface area contributed by atoms with Gasteiger partial charge in [-0.25, -0.2) is 0 Å². The van der Waals surface area contributed by atoms with E-state index in [2.05, 4.69) is 43.4 Å². The molecule has 1 aromatic rings. The van der Waals surface area contributed by atoms with Crippen LogP contribution in [0.4, 0.5) is 0 Å². The molecule has 0 saturated carbocycles. The molecular formula is C15H24N2. The number of hydrogen-bond acceptors (Lipinski definition) is 2. The van der Waals surface area contributed by atoms with Gasteiger partial charge in [0, 0.05) is 6.04 Å². The molecule has 17 heavy (non-hydrogen) atoms. The van der Waals surface area contributed by atoms with Crippen LogP contribution in [-0.2, 0) is 0 Å². The highest BCUT2D eigenvalue weighted by molar-refractivity contribution is 5.27. The molecular weight excluding hydrogens is 208 g/mol. The maximum atomic E-state index is 6.32. The quantitative estimate of drug-likeness (QED) is 0.837. The van der Waals surface area contributed by atoms with Crippen molar-refractivity contribution < 1.29 is 0 Å². The highest BCUT2D eigenvalue weighted by Crippen LogP contribution is 2.26. The van der Waals surface area contributed by atoms with Gasteiger partial charge in [-0.1, -0.05) is 38.1 Å². The molecule has 2 heteroatoms. The summed E-state index contributed by atoms with van der Waals surface area (Å²) in [6.45, 7) is 6.68. The molecule has 0 aliphatic carbocycles. The Bertz CT molecular complexity index is 338. The number of rotatable bonds is 4. The molecule has 2 nitrogen and oxygen atoms in total. The molecule has 3 N–H and O–H groups in total. The van der Waals surface area contributed by atoms with Crippen LogP contribution in [0, 0.1) is 5.92 Å². The smallest absolute Gasteiger partial charge is 0.0336 e. The van der Waals surface area contributed by atoms with E-state index in [1.807, 2.05) is 0 Å². The first-order chi connectivity index (χ1) is 8.22. The zero-order valence-electron chi connectivity index (χ0n) is 10.9. The number of benzene rings is 1. The molecule has 3 unspecified atom stereocenters. The van der Waals surface area contributed by atoms with E-state index in [1.54, 1.807) is 0 Å². The standard InChI is InChI=1S/C15H24N2/c1-3-11(2)12-4-6-13(7-5-12)15(16)14-8-9-17-10-14/h4-7,11,14-15,17H,3,8-10,16H2,1-2H3. The predicted molar refractivity (Wildman–Crippen MR) is 73.1 cm³/mol. The van der Waals surface area contributed by atoms with E-state index in [1.165, 1.54) is 24.0 Å². The molecule has 1 saturated heterocycles. The third kappa shape index (κ3) is 2.88. The lowest BCUT2D eigenvalue weighted by Crippen LogP contribution is -2.23. The molecule has 2 rings (SSSR count). The predicted octanol–water partition coefficient (Wildman–Crippen LogP) is 2.81. The summed E-state index contributed by atoms with van der Waals surface area (Å²) in [4.78, 5) is 0. The topological polar surface area (TPSA) is 38.0 Å². The van der Waals surface area contributed by atoms with Crippen LogP contribution in [-0.4, -0.2) is 13.1 Å². The van der Waals surface area contributed by atoms with E-state index < -0.39 is 0 Å². The molecule has 94 valence electrons. The van der Waals surface area contributed by atoms with E-state index in [0.29, 0.717) is 11.8 Å². The monoisotopic (exact) mass is 232 g/mol. The van der Waals surface area contributed by atoms with Crippen molar-refractivity contribution >= 4 is 0 Å². The number of nitrogens with one attached hydrogen (secondary N) is 1. The molecule has 1 heterocycles. The SMILES string of the molecule is CCC(C)c1ccc(C(N)C2CCNC2)cc1. The lowest BCUT2D eigenvalue weighted by molar-refractivity contribution is 0.470. The summed E-state index contributed by atoms with van der Waals surface area (Å²) < 4.78 is 0. The molecule has 3 atom stereocenters. The summed E-state index contributed by atoms with van der Waals surface area (Å²) in [5.41, 5.74) is 9.03. The summed E-state index contributed by atoms with van der Waals surface area (Å²) in [6.07, 6.45) is 2.40. The van der Waals surface area contributed by atoms with Crippen molar-refractivity contribution in [1.29, 1.82) is 0 Å². The second kappa shape index (κ2) is 5.65. The van der Waals surface area contributed by atoms with Crippen molar-refractivity contribution in [1.82, 2.24) is 5.32 Å². The Morgan fingerprint density at radius 3 is 2.47 bits per heavy atom. The van der Waals surface area contributed by atoms with Crippen molar-refractivity contribution in [2.45, 2.75) is 38.6 Å². The highest BCUT2D eigenvalue weighted by Gasteiger charge is 2.22. The summed E-state index contributed by atoms with van der Waals surface area (Å²) in [5.74, 6) is 1.25. The minimum Gasteiger partial charge on any atom is -0.324 e. The lowest BCUT2D eigenvalue weighted by Gasteiger charge is -2.19. The van der Waals surface area contributed by atoms with Crippen molar-refractivity contribution in [3.63, 3.8) is 0 Å². The molecule has 0 radical (unpaired) electrons. The van der Waals surface area contributed by atoms with Crippen LogP contribution < -0.4 is 11.1 Å². The van der Waals surface area contributed by atoms with Crippen molar-refractivity contribution in [2.75, 3.05) is 13.1 Å². The Hall–Kier alpha value is -0.860. The zero-order chi connectivity index (χ0) is 12.3. The molecule has 1 fully saturated rings. The van der Waals surface area contributed by atoms with Crippen LogP contribution in [0.5, 0.6) is 0 Å². The maximum Gasteiger partial charge on any atom is 0.0336 e. The van der Waals surface area contributed by atoms with Crippen LogP contribution in [0.3, 0.4) is 0 Å². The van der Waals surface area contributed by atoms with E-state index in [0.717, 1.165) is 13.1 Å². The van der Waals surface area contributed by atoms with Gasteiger partial charge >= 0.3 is 0 Å². The first-order valence-corrected chi connectivity index (χ1v) is 6.78. The third-order valence-corrected chi connectivity index (χ3v) is 4.11. The average molecular weight is 232 g/mol. The van der Waals surface area contributed by atoms with Gasteiger partial charge in [0.05, 0.1) is 0 Å². The third-order valence-electron chi connectivity index (χ3n) is 4.11. The van der Waals surface area contributed by atoms with Crippen LogP contribution in [0.25, 0.3) is 0 Å². The molecule has 0 bridgehead atoms. The zero-order valence-corrected chi connectivity index (χ0v) is 10.9. The average Bonchev–Trinajstić information content (AvgIpc) is 2.91. The first-order valence-electron chi connectivity index (χ1n) is 6.78. The van der Waals surface area contributed by atoms with E-state index in [9.17, 15) is 0 Å². The van der Waals surface area contributed by atoms with Gasteiger partial charge in [0.1, 0.15) is 0 Å². The Labute approximate surface area is 105 Å². The molecule has 1 aliphatic rings. The normalized spacial score (nSPS) is 23.6. The van der Waals surface area contributed by atoms with Gasteiger partial charge in [0.15, 0.2) is 0 Å². The fourth-order valence-electron chi connectivity index (χ4n) is 2.54. The van der Waals surface area contributed by atoms with Gasteiger partial charge in [-0.05, 0) is 48.9 Å². The van der Waals surface area contributed by atoms with Gasteiger partial charge in [-0.3, -0.25) is 0 Å². The summed E-state index contributed by atoms with van der Waals surface area (Å²) in [6, 6.07) is 9.10. The Kier molecular flexibility index (Phi) is 4.19. The number of hydrogen-bond donors (Lipinski definition) is 2.